The molecule has 2 nitrogen and oxygen atoms in total. The Balaban J connectivity index is 2.09. The number of rotatable bonds is 4. The van der Waals surface area contributed by atoms with Crippen LogP contribution < -0.4 is 10.6 Å². The molecule has 2 rings (SSSR count). The molecular weight excluding hydrogens is 236 g/mol. The zero-order chi connectivity index (χ0) is 11.4. The summed E-state index contributed by atoms with van der Waals surface area (Å²) in [5.74, 6) is 3.59. The van der Waals surface area contributed by atoms with Crippen LogP contribution in [0.25, 0.3) is 0 Å². The number of nitrogens with zero attached hydrogens (tertiary/aromatic N) is 1. The van der Waals surface area contributed by atoms with Crippen LogP contribution in [0.3, 0.4) is 0 Å². The first-order valence-electron chi connectivity index (χ1n) is 5.66. The molecule has 0 bridgehead atoms. The highest BCUT2D eigenvalue weighted by Crippen LogP contribution is 2.35. The fraction of sp³-hybridized carbons (Fsp3) is 0.500. The Morgan fingerprint density at radius 3 is 3.19 bits per heavy atom. The SMILES string of the molecule is CCSCCN1CCSc2ccc(N)cc21. The highest BCUT2D eigenvalue weighted by Gasteiger charge is 2.16. The Bertz CT molecular complexity index is 355. The molecule has 0 spiro atoms. The summed E-state index contributed by atoms with van der Waals surface area (Å²) in [6.45, 7) is 4.49. The third-order valence-corrected chi connectivity index (χ3v) is 4.57. The topological polar surface area (TPSA) is 29.3 Å². The number of benzene rings is 1. The van der Waals surface area contributed by atoms with Gasteiger partial charge in [-0.05, 0) is 24.0 Å². The molecule has 1 aliphatic heterocycles. The fourth-order valence-electron chi connectivity index (χ4n) is 1.84. The molecule has 0 fully saturated rings. The van der Waals surface area contributed by atoms with Crippen LogP contribution in [0, 0.1) is 0 Å². The van der Waals surface area contributed by atoms with E-state index in [4.69, 9.17) is 5.73 Å². The Kier molecular flexibility index (Phi) is 4.29. The van der Waals surface area contributed by atoms with E-state index in [0.717, 1.165) is 18.8 Å². The van der Waals surface area contributed by atoms with E-state index in [-0.39, 0.29) is 0 Å². The number of anilines is 2. The standard InChI is InChI=1S/C12H18N2S2/c1-2-15-7-5-14-6-8-16-12-4-3-10(13)9-11(12)14/h3-4,9H,2,5-8,13H2,1H3. The minimum absolute atomic E-state index is 0.870. The molecular formula is C12H18N2S2. The van der Waals surface area contributed by atoms with Crippen LogP contribution >= 0.6 is 23.5 Å². The lowest BCUT2D eigenvalue weighted by Crippen LogP contribution is -2.31. The van der Waals surface area contributed by atoms with Crippen molar-refractivity contribution in [1.29, 1.82) is 0 Å². The van der Waals surface area contributed by atoms with Crippen molar-refractivity contribution in [2.75, 3.05) is 41.0 Å². The molecule has 0 aliphatic carbocycles. The largest absolute Gasteiger partial charge is 0.399 e. The van der Waals surface area contributed by atoms with Crippen LogP contribution in [0.15, 0.2) is 23.1 Å². The van der Waals surface area contributed by atoms with Crippen LogP contribution in [-0.4, -0.2) is 30.3 Å². The Hall–Kier alpha value is -0.480. The zero-order valence-electron chi connectivity index (χ0n) is 9.61. The molecule has 1 aliphatic rings. The summed E-state index contributed by atoms with van der Waals surface area (Å²) in [5.41, 5.74) is 8.05. The maximum atomic E-state index is 5.86. The van der Waals surface area contributed by atoms with Gasteiger partial charge in [0.05, 0.1) is 5.69 Å². The van der Waals surface area contributed by atoms with E-state index in [2.05, 4.69) is 24.0 Å². The first-order valence-corrected chi connectivity index (χ1v) is 7.80. The number of hydrogen-bond acceptors (Lipinski definition) is 4. The van der Waals surface area contributed by atoms with Crippen LogP contribution in [0.1, 0.15) is 6.92 Å². The first-order chi connectivity index (χ1) is 7.81. The zero-order valence-corrected chi connectivity index (χ0v) is 11.2. The smallest absolute Gasteiger partial charge is 0.0525 e. The lowest BCUT2D eigenvalue weighted by molar-refractivity contribution is 0.856. The van der Waals surface area contributed by atoms with Gasteiger partial charge in [0.15, 0.2) is 0 Å². The van der Waals surface area contributed by atoms with Crippen molar-refractivity contribution in [1.82, 2.24) is 0 Å². The van der Waals surface area contributed by atoms with Gasteiger partial charge in [0.2, 0.25) is 0 Å². The summed E-state index contributed by atoms with van der Waals surface area (Å²) >= 11 is 3.94. The van der Waals surface area contributed by atoms with Crippen molar-refractivity contribution < 1.29 is 0 Å². The maximum Gasteiger partial charge on any atom is 0.0525 e. The van der Waals surface area contributed by atoms with Gasteiger partial charge < -0.3 is 10.6 Å². The molecule has 0 unspecified atom stereocenters. The molecule has 1 heterocycles. The number of nitrogens with two attached hydrogens (primary N) is 1. The number of thioether (sulfide) groups is 2. The third kappa shape index (κ3) is 2.80. The van der Waals surface area contributed by atoms with Crippen molar-refractivity contribution in [3.8, 4) is 0 Å². The van der Waals surface area contributed by atoms with E-state index in [1.54, 1.807) is 0 Å². The van der Waals surface area contributed by atoms with Crippen molar-refractivity contribution >= 4 is 34.9 Å². The Labute approximate surface area is 106 Å². The summed E-state index contributed by atoms with van der Waals surface area (Å²) in [4.78, 5) is 3.84. The highest BCUT2D eigenvalue weighted by molar-refractivity contribution is 7.99. The summed E-state index contributed by atoms with van der Waals surface area (Å²) in [7, 11) is 0. The predicted molar refractivity (Wildman–Crippen MR) is 76.8 cm³/mol. The van der Waals surface area contributed by atoms with Crippen molar-refractivity contribution in [2.24, 2.45) is 0 Å². The van der Waals surface area contributed by atoms with Crippen LogP contribution in [0.4, 0.5) is 11.4 Å². The third-order valence-electron chi connectivity index (χ3n) is 2.65. The molecule has 2 N–H and O–H groups in total. The minimum Gasteiger partial charge on any atom is -0.399 e. The summed E-state index contributed by atoms with van der Waals surface area (Å²) in [6.07, 6.45) is 0. The van der Waals surface area contributed by atoms with E-state index in [1.807, 2.05) is 29.6 Å². The fourth-order valence-corrected chi connectivity index (χ4v) is 3.51. The average Bonchev–Trinajstić information content (AvgIpc) is 2.30. The second kappa shape index (κ2) is 5.73. The van der Waals surface area contributed by atoms with Gasteiger partial charge in [0.1, 0.15) is 0 Å². The van der Waals surface area contributed by atoms with Crippen LogP contribution in [0.5, 0.6) is 0 Å². The Morgan fingerprint density at radius 2 is 2.38 bits per heavy atom. The second-order valence-electron chi connectivity index (χ2n) is 3.76. The predicted octanol–water partition coefficient (Wildman–Crippen LogP) is 2.93. The van der Waals surface area contributed by atoms with Crippen LogP contribution in [0.2, 0.25) is 0 Å². The van der Waals surface area contributed by atoms with E-state index < -0.39 is 0 Å². The van der Waals surface area contributed by atoms with Crippen molar-refractivity contribution in [3.05, 3.63) is 18.2 Å². The minimum atomic E-state index is 0.870. The van der Waals surface area contributed by atoms with Gasteiger partial charge in [0.25, 0.3) is 0 Å². The van der Waals surface area contributed by atoms with Crippen molar-refractivity contribution in [2.45, 2.75) is 11.8 Å². The van der Waals surface area contributed by atoms with Crippen LogP contribution in [-0.2, 0) is 0 Å². The van der Waals surface area contributed by atoms with Gasteiger partial charge >= 0.3 is 0 Å². The second-order valence-corrected chi connectivity index (χ2v) is 6.29. The molecule has 1 aromatic carbocycles. The van der Waals surface area contributed by atoms with E-state index >= 15 is 0 Å². The monoisotopic (exact) mass is 254 g/mol. The molecule has 16 heavy (non-hydrogen) atoms. The summed E-state index contributed by atoms with van der Waals surface area (Å²) in [6, 6.07) is 6.25. The van der Waals surface area contributed by atoms with Gasteiger partial charge in [-0.2, -0.15) is 11.8 Å². The molecule has 0 atom stereocenters. The van der Waals surface area contributed by atoms with Gasteiger partial charge in [-0.15, -0.1) is 11.8 Å². The summed E-state index contributed by atoms with van der Waals surface area (Å²) in [5, 5.41) is 0. The Morgan fingerprint density at radius 1 is 1.50 bits per heavy atom. The van der Waals surface area contributed by atoms with Gasteiger partial charge in [-0.25, -0.2) is 0 Å². The van der Waals surface area contributed by atoms with Gasteiger partial charge in [-0.3, -0.25) is 0 Å². The van der Waals surface area contributed by atoms with E-state index in [1.165, 1.54) is 27.8 Å². The highest BCUT2D eigenvalue weighted by atomic mass is 32.2. The molecule has 0 aromatic heterocycles. The molecule has 1 aromatic rings. The normalized spacial score (nSPS) is 14.9. The van der Waals surface area contributed by atoms with Gasteiger partial charge in [0, 0.05) is 35.2 Å². The molecule has 0 saturated heterocycles. The molecule has 0 saturated carbocycles. The quantitative estimate of drug-likeness (QED) is 0.661. The molecule has 0 radical (unpaired) electrons. The van der Waals surface area contributed by atoms with E-state index in [9.17, 15) is 0 Å². The molecule has 4 heteroatoms. The lowest BCUT2D eigenvalue weighted by Gasteiger charge is -2.31. The lowest BCUT2D eigenvalue weighted by atomic mass is 10.2. The molecule has 88 valence electrons. The molecule has 0 amide bonds. The van der Waals surface area contributed by atoms with E-state index in [0.29, 0.717) is 0 Å². The average molecular weight is 254 g/mol. The number of fused-ring (bicyclic) bond motifs is 1. The number of hydrogen-bond donors (Lipinski definition) is 1. The number of nitrogen functional groups attached to an aromatic ring is 1. The van der Waals surface area contributed by atoms with Crippen molar-refractivity contribution in [3.63, 3.8) is 0 Å². The van der Waals surface area contributed by atoms with Gasteiger partial charge in [-0.1, -0.05) is 6.92 Å². The summed E-state index contributed by atoms with van der Waals surface area (Å²) < 4.78 is 0. The maximum absolute atomic E-state index is 5.86. The first kappa shape index (κ1) is 12.0.